The van der Waals surface area contributed by atoms with Crippen LogP contribution in [0.1, 0.15) is 80.4 Å². The average molecular weight is 264 g/mol. The lowest BCUT2D eigenvalue weighted by atomic mass is 9.96. The van der Waals surface area contributed by atoms with E-state index in [0.29, 0.717) is 0 Å². The van der Waals surface area contributed by atoms with Crippen molar-refractivity contribution in [1.29, 1.82) is 0 Å². The summed E-state index contributed by atoms with van der Waals surface area (Å²) in [5.74, 6) is 0. The molecule has 0 heteroatoms. The Kier molecular flexibility index (Phi) is 20.6. The second-order valence-corrected chi connectivity index (χ2v) is 3.64. The van der Waals surface area contributed by atoms with Gasteiger partial charge in [-0.05, 0) is 43.9 Å². The molecule has 0 aliphatic rings. The van der Waals surface area contributed by atoms with Gasteiger partial charge in [-0.2, -0.15) is 0 Å². The highest BCUT2D eigenvalue weighted by atomic mass is 14.1. The van der Waals surface area contributed by atoms with E-state index in [0.717, 1.165) is 6.42 Å². The standard InChI is InChI=1S/C13H18.3C2H6/c1-5-12-8-6-7-9-13(12)11(4)10(2)3;3*1-2/h6-9H,5H2,1-4H3;3*1-2H3. The highest BCUT2D eigenvalue weighted by Crippen LogP contribution is 2.21. The largest absolute Gasteiger partial charge is 0.0729 e. The minimum Gasteiger partial charge on any atom is -0.0729 e. The molecule has 0 fully saturated rings. The summed E-state index contributed by atoms with van der Waals surface area (Å²) in [6.45, 7) is 20.7. The predicted molar refractivity (Wildman–Crippen MR) is 93.8 cm³/mol. The van der Waals surface area contributed by atoms with Gasteiger partial charge in [-0.1, -0.05) is 78.3 Å². The first kappa shape index (κ1) is 23.1. The molecule has 0 nitrogen and oxygen atoms in total. The van der Waals surface area contributed by atoms with Crippen LogP contribution in [0.5, 0.6) is 0 Å². The van der Waals surface area contributed by atoms with Gasteiger partial charge in [0.15, 0.2) is 0 Å². The SMILES string of the molecule is CC.CC.CC.CCc1ccccc1C(C)=C(C)C. The highest BCUT2D eigenvalue weighted by Gasteiger charge is 2.01. The van der Waals surface area contributed by atoms with Gasteiger partial charge < -0.3 is 0 Å². The lowest BCUT2D eigenvalue weighted by Crippen LogP contribution is -1.90. The maximum atomic E-state index is 2.21. The van der Waals surface area contributed by atoms with Gasteiger partial charge >= 0.3 is 0 Å². The summed E-state index contributed by atoms with van der Waals surface area (Å²) in [5, 5.41) is 0. The number of rotatable bonds is 2. The van der Waals surface area contributed by atoms with E-state index in [1.54, 1.807) is 0 Å². The molecule has 0 aliphatic heterocycles. The maximum absolute atomic E-state index is 2.21. The molecule has 0 aromatic heterocycles. The fourth-order valence-corrected chi connectivity index (χ4v) is 1.46. The minimum atomic E-state index is 1.11. The van der Waals surface area contributed by atoms with Crippen molar-refractivity contribution >= 4 is 5.57 Å². The zero-order valence-electron chi connectivity index (χ0n) is 15.0. The molecule has 1 rings (SSSR count). The monoisotopic (exact) mass is 264 g/mol. The fraction of sp³-hybridized carbons (Fsp3) is 0.579. The summed E-state index contributed by atoms with van der Waals surface area (Å²) in [7, 11) is 0. The second kappa shape index (κ2) is 17.0. The van der Waals surface area contributed by atoms with Gasteiger partial charge in [-0.15, -0.1) is 0 Å². The predicted octanol–water partition coefficient (Wildman–Crippen LogP) is 7.14. The summed E-state index contributed by atoms with van der Waals surface area (Å²) in [5.41, 5.74) is 5.67. The van der Waals surface area contributed by atoms with E-state index in [4.69, 9.17) is 0 Å². The molecule has 1 aromatic rings. The molecule has 112 valence electrons. The van der Waals surface area contributed by atoms with Gasteiger partial charge in [0.25, 0.3) is 0 Å². The van der Waals surface area contributed by atoms with Crippen LogP contribution in [0.25, 0.3) is 5.57 Å². The van der Waals surface area contributed by atoms with Crippen LogP contribution in [0.3, 0.4) is 0 Å². The van der Waals surface area contributed by atoms with E-state index in [-0.39, 0.29) is 0 Å². The molecular formula is C19H36. The first-order valence-corrected chi connectivity index (χ1v) is 7.89. The van der Waals surface area contributed by atoms with E-state index in [9.17, 15) is 0 Å². The molecule has 0 unspecified atom stereocenters. The molecule has 0 atom stereocenters. The maximum Gasteiger partial charge on any atom is -0.0196 e. The number of aryl methyl sites for hydroxylation is 1. The van der Waals surface area contributed by atoms with Crippen molar-refractivity contribution in [3.63, 3.8) is 0 Å². The molecule has 0 saturated carbocycles. The summed E-state index contributed by atoms with van der Waals surface area (Å²) in [4.78, 5) is 0. The Balaban J connectivity index is -0.000000375. The Hall–Kier alpha value is -1.04. The zero-order valence-corrected chi connectivity index (χ0v) is 15.0. The van der Waals surface area contributed by atoms with Gasteiger partial charge in [0.1, 0.15) is 0 Å². The minimum absolute atomic E-state index is 1.11. The van der Waals surface area contributed by atoms with E-state index in [2.05, 4.69) is 52.0 Å². The molecule has 0 N–H and O–H groups in total. The third-order valence-corrected chi connectivity index (χ3v) is 2.55. The Morgan fingerprint density at radius 3 is 1.58 bits per heavy atom. The second-order valence-electron chi connectivity index (χ2n) is 3.64. The molecule has 0 aliphatic carbocycles. The Morgan fingerprint density at radius 1 is 0.789 bits per heavy atom. The highest BCUT2D eigenvalue weighted by molar-refractivity contribution is 5.68. The lowest BCUT2D eigenvalue weighted by molar-refractivity contribution is 1.12. The number of hydrogen-bond donors (Lipinski definition) is 0. The number of benzene rings is 1. The summed E-state index contributed by atoms with van der Waals surface area (Å²) >= 11 is 0. The van der Waals surface area contributed by atoms with Gasteiger partial charge in [0, 0.05) is 0 Å². The van der Waals surface area contributed by atoms with E-state index >= 15 is 0 Å². The summed E-state index contributed by atoms with van der Waals surface area (Å²) in [6.07, 6.45) is 1.11. The van der Waals surface area contributed by atoms with Crippen LogP contribution in [0, 0.1) is 0 Å². The van der Waals surface area contributed by atoms with Crippen molar-refractivity contribution in [2.75, 3.05) is 0 Å². The van der Waals surface area contributed by atoms with Crippen LogP contribution >= 0.6 is 0 Å². The average Bonchev–Trinajstić information content (AvgIpc) is 2.52. The van der Waals surface area contributed by atoms with Crippen LogP contribution in [-0.2, 0) is 6.42 Å². The third-order valence-electron chi connectivity index (χ3n) is 2.55. The Labute approximate surface area is 123 Å². The van der Waals surface area contributed by atoms with E-state index < -0.39 is 0 Å². The van der Waals surface area contributed by atoms with Crippen LogP contribution in [-0.4, -0.2) is 0 Å². The third kappa shape index (κ3) is 9.53. The molecule has 0 amide bonds. The fourth-order valence-electron chi connectivity index (χ4n) is 1.46. The lowest BCUT2D eigenvalue weighted by Gasteiger charge is -2.09. The van der Waals surface area contributed by atoms with Crippen molar-refractivity contribution in [3.05, 3.63) is 41.0 Å². The molecule has 0 bridgehead atoms. The molecular weight excluding hydrogens is 228 g/mol. The smallest absolute Gasteiger partial charge is 0.0196 e. The molecule has 0 radical (unpaired) electrons. The Morgan fingerprint density at radius 2 is 1.21 bits per heavy atom. The van der Waals surface area contributed by atoms with Gasteiger partial charge in [-0.3, -0.25) is 0 Å². The van der Waals surface area contributed by atoms with Gasteiger partial charge in [-0.25, -0.2) is 0 Å². The molecule has 1 aromatic carbocycles. The zero-order chi connectivity index (χ0) is 15.8. The van der Waals surface area contributed by atoms with Gasteiger partial charge in [0.05, 0.1) is 0 Å². The Bertz CT molecular complexity index is 315. The van der Waals surface area contributed by atoms with Crippen molar-refractivity contribution in [1.82, 2.24) is 0 Å². The topological polar surface area (TPSA) is 0 Å². The first-order chi connectivity index (χ1) is 9.16. The number of hydrogen-bond acceptors (Lipinski definition) is 0. The van der Waals surface area contributed by atoms with E-state index in [1.165, 1.54) is 22.3 Å². The number of allylic oxidation sites excluding steroid dienone is 2. The summed E-state index contributed by atoms with van der Waals surface area (Å²) in [6, 6.07) is 8.64. The van der Waals surface area contributed by atoms with Crippen LogP contribution in [0.15, 0.2) is 29.8 Å². The first-order valence-electron chi connectivity index (χ1n) is 7.89. The summed E-state index contributed by atoms with van der Waals surface area (Å²) < 4.78 is 0. The van der Waals surface area contributed by atoms with E-state index in [1.807, 2.05) is 41.5 Å². The quantitative estimate of drug-likeness (QED) is 0.532. The van der Waals surface area contributed by atoms with Crippen LogP contribution in [0.2, 0.25) is 0 Å². The van der Waals surface area contributed by atoms with Crippen molar-refractivity contribution < 1.29 is 0 Å². The molecule has 0 heterocycles. The van der Waals surface area contributed by atoms with Crippen molar-refractivity contribution in [3.8, 4) is 0 Å². The normalized spacial score (nSPS) is 7.68. The van der Waals surface area contributed by atoms with Crippen LogP contribution in [0.4, 0.5) is 0 Å². The molecule has 0 saturated heterocycles. The van der Waals surface area contributed by atoms with Crippen molar-refractivity contribution in [2.24, 2.45) is 0 Å². The van der Waals surface area contributed by atoms with Crippen LogP contribution < -0.4 is 0 Å². The molecule has 0 spiro atoms. The molecule has 19 heavy (non-hydrogen) atoms. The van der Waals surface area contributed by atoms with Gasteiger partial charge in [0.2, 0.25) is 0 Å². The van der Waals surface area contributed by atoms with Crippen molar-refractivity contribution in [2.45, 2.75) is 75.7 Å².